The standard InChI is InChI=1S/C11H13Cl2N3O2/c1-6(2)11(18)4-16(5-11)10(17)7-3-8(12)14-15-9(7)13/h3,6,18H,4-5H2,1-2H3. The van der Waals surface area contributed by atoms with Crippen LogP contribution in [0, 0.1) is 5.92 Å². The molecule has 1 N–H and O–H groups in total. The van der Waals surface area contributed by atoms with Gasteiger partial charge in [0.15, 0.2) is 10.3 Å². The van der Waals surface area contributed by atoms with E-state index < -0.39 is 5.60 Å². The minimum Gasteiger partial charge on any atom is -0.386 e. The van der Waals surface area contributed by atoms with Gasteiger partial charge >= 0.3 is 0 Å². The molecule has 18 heavy (non-hydrogen) atoms. The van der Waals surface area contributed by atoms with Gasteiger partial charge in [0.25, 0.3) is 5.91 Å². The molecule has 7 heteroatoms. The molecule has 5 nitrogen and oxygen atoms in total. The van der Waals surface area contributed by atoms with Crippen molar-refractivity contribution in [3.05, 3.63) is 21.9 Å². The third-order valence-electron chi connectivity index (χ3n) is 3.24. The zero-order valence-corrected chi connectivity index (χ0v) is 11.5. The molecular weight excluding hydrogens is 277 g/mol. The molecule has 1 aromatic heterocycles. The average molecular weight is 290 g/mol. The Kier molecular flexibility index (Phi) is 3.49. The van der Waals surface area contributed by atoms with Crippen LogP contribution in [0.4, 0.5) is 0 Å². The van der Waals surface area contributed by atoms with Gasteiger partial charge in [0, 0.05) is 0 Å². The lowest BCUT2D eigenvalue weighted by atomic mass is 9.83. The number of likely N-dealkylation sites (tertiary alicyclic amines) is 1. The number of halogens is 2. The maximum Gasteiger partial charge on any atom is 0.257 e. The van der Waals surface area contributed by atoms with E-state index in [1.165, 1.54) is 11.0 Å². The number of hydrogen-bond donors (Lipinski definition) is 1. The SMILES string of the molecule is CC(C)C1(O)CN(C(=O)c2cc(Cl)nnc2Cl)C1. The van der Waals surface area contributed by atoms with Crippen molar-refractivity contribution >= 4 is 29.1 Å². The van der Waals surface area contributed by atoms with E-state index in [4.69, 9.17) is 23.2 Å². The molecule has 0 spiro atoms. The summed E-state index contributed by atoms with van der Waals surface area (Å²) >= 11 is 11.5. The van der Waals surface area contributed by atoms with Gasteiger partial charge in [-0.25, -0.2) is 0 Å². The first kappa shape index (κ1) is 13.5. The normalized spacial score (nSPS) is 17.8. The van der Waals surface area contributed by atoms with E-state index in [0.717, 1.165) is 0 Å². The summed E-state index contributed by atoms with van der Waals surface area (Å²) in [6, 6.07) is 1.38. The molecule has 1 aliphatic rings. The Balaban J connectivity index is 2.13. The van der Waals surface area contributed by atoms with E-state index in [1.807, 2.05) is 13.8 Å². The van der Waals surface area contributed by atoms with Crippen molar-refractivity contribution in [3.8, 4) is 0 Å². The van der Waals surface area contributed by atoms with Crippen LogP contribution in [0.5, 0.6) is 0 Å². The van der Waals surface area contributed by atoms with Crippen LogP contribution >= 0.6 is 23.2 Å². The lowest BCUT2D eigenvalue weighted by Crippen LogP contribution is -2.66. The minimum absolute atomic E-state index is 0.0180. The van der Waals surface area contributed by atoms with Crippen molar-refractivity contribution in [1.82, 2.24) is 15.1 Å². The molecule has 0 saturated carbocycles. The Morgan fingerprint density at radius 3 is 2.61 bits per heavy atom. The molecule has 1 amide bonds. The highest BCUT2D eigenvalue weighted by atomic mass is 35.5. The lowest BCUT2D eigenvalue weighted by molar-refractivity contribution is -0.110. The zero-order chi connectivity index (χ0) is 13.5. The largest absolute Gasteiger partial charge is 0.386 e. The summed E-state index contributed by atoms with van der Waals surface area (Å²) in [5.41, 5.74) is -0.602. The highest BCUT2D eigenvalue weighted by molar-refractivity contribution is 6.34. The molecule has 1 aromatic rings. The van der Waals surface area contributed by atoms with Crippen LogP contribution in [0.25, 0.3) is 0 Å². The number of amides is 1. The first-order valence-electron chi connectivity index (χ1n) is 5.54. The van der Waals surface area contributed by atoms with Crippen LogP contribution in [-0.4, -0.2) is 44.8 Å². The zero-order valence-electron chi connectivity index (χ0n) is 10.0. The maximum absolute atomic E-state index is 12.1. The third kappa shape index (κ3) is 2.30. The van der Waals surface area contributed by atoms with Crippen LogP contribution < -0.4 is 0 Å². The summed E-state index contributed by atoms with van der Waals surface area (Å²) < 4.78 is 0. The first-order valence-corrected chi connectivity index (χ1v) is 6.29. The molecule has 0 atom stereocenters. The molecule has 1 fully saturated rings. The third-order valence-corrected chi connectivity index (χ3v) is 3.70. The number of nitrogens with zero attached hydrogens (tertiary/aromatic N) is 3. The Morgan fingerprint density at radius 1 is 1.44 bits per heavy atom. The van der Waals surface area contributed by atoms with E-state index in [0.29, 0.717) is 13.1 Å². The molecule has 2 heterocycles. The van der Waals surface area contributed by atoms with E-state index in [-0.39, 0.29) is 27.7 Å². The van der Waals surface area contributed by atoms with Gasteiger partial charge in [-0.2, -0.15) is 0 Å². The maximum atomic E-state index is 12.1. The smallest absolute Gasteiger partial charge is 0.257 e. The van der Waals surface area contributed by atoms with Gasteiger partial charge in [-0.15, -0.1) is 10.2 Å². The van der Waals surface area contributed by atoms with Gasteiger partial charge in [-0.1, -0.05) is 37.0 Å². The summed E-state index contributed by atoms with van der Waals surface area (Å²) in [6.07, 6.45) is 0. The van der Waals surface area contributed by atoms with Gasteiger partial charge in [-0.3, -0.25) is 4.79 Å². The topological polar surface area (TPSA) is 66.3 Å². The first-order chi connectivity index (χ1) is 8.33. The van der Waals surface area contributed by atoms with Crippen molar-refractivity contribution in [1.29, 1.82) is 0 Å². The van der Waals surface area contributed by atoms with Crippen molar-refractivity contribution in [2.45, 2.75) is 19.4 Å². The summed E-state index contributed by atoms with van der Waals surface area (Å²) in [5, 5.41) is 17.4. The van der Waals surface area contributed by atoms with Crippen LogP contribution in [0.1, 0.15) is 24.2 Å². The highest BCUT2D eigenvalue weighted by Crippen LogP contribution is 2.30. The van der Waals surface area contributed by atoms with Gasteiger partial charge < -0.3 is 10.0 Å². The molecule has 2 rings (SSSR count). The highest BCUT2D eigenvalue weighted by Gasteiger charge is 2.46. The molecular formula is C11H13Cl2N3O2. The number of β-amino-alcohol motifs (C(OH)–C–C–N with tert-alkyl or cyclic N) is 1. The average Bonchev–Trinajstić information content (AvgIpc) is 2.27. The fourth-order valence-electron chi connectivity index (χ4n) is 1.80. The van der Waals surface area contributed by atoms with Crippen molar-refractivity contribution in [2.75, 3.05) is 13.1 Å². The summed E-state index contributed by atoms with van der Waals surface area (Å²) in [5.74, 6) is -0.196. The van der Waals surface area contributed by atoms with Crippen LogP contribution in [0.2, 0.25) is 10.3 Å². The Morgan fingerprint density at radius 2 is 2.06 bits per heavy atom. The van der Waals surface area contributed by atoms with E-state index in [9.17, 15) is 9.90 Å². The predicted molar refractivity (Wildman–Crippen MR) is 67.7 cm³/mol. The van der Waals surface area contributed by atoms with E-state index in [2.05, 4.69) is 10.2 Å². The summed E-state index contributed by atoms with van der Waals surface area (Å²) in [6.45, 7) is 4.42. The van der Waals surface area contributed by atoms with Gasteiger partial charge in [0.2, 0.25) is 0 Å². The van der Waals surface area contributed by atoms with E-state index >= 15 is 0 Å². The van der Waals surface area contributed by atoms with Gasteiger partial charge in [0.1, 0.15) is 5.60 Å². The molecule has 0 aromatic carbocycles. The number of aliphatic hydroxyl groups is 1. The molecule has 0 radical (unpaired) electrons. The van der Waals surface area contributed by atoms with Gasteiger partial charge in [-0.05, 0) is 12.0 Å². The summed E-state index contributed by atoms with van der Waals surface area (Å²) in [4.78, 5) is 13.6. The quantitative estimate of drug-likeness (QED) is 0.899. The molecule has 98 valence electrons. The van der Waals surface area contributed by atoms with Crippen molar-refractivity contribution in [2.24, 2.45) is 5.92 Å². The second kappa shape index (κ2) is 4.64. The Hall–Kier alpha value is -0.910. The molecule has 0 bridgehead atoms. The Bertz CT molecular complexity index is 487. The van der Waals surface area contributed by atoms with Crippen LogP contribution in [-0.2, 0) is 0 Å². The van der Waals surface area contributed by atoms with E-state index in [1.54, 1.807) is 0 Å². The lowest BCUT2D eigenvalue weighted by Gasteiger charge is -2.49. The number of hydrogen-bond acceptors (Lipinski definition) is 4. The van der Waals surface area contributed by atoms with Crippen LogP contribution in [0.3, 0.4) is 0 Å². The number of carbonyl (C=O) groups excluding carboxylic acids is 1. The molecule has 0 unspecified atom stereocenters. The molecule has 0 aliphatic carbocycles. The van der Waals surface area contributed by atoms with Crippen LogP contribution in [0.15, 0.2) is 6.07 Å². The summed E-state index contributed by atoms with van der Waals surface area (Å²) in [7, 11) is 0. The fraction of sp³-hybridized carbons (Fsp3) is 0.545. The fourth-order valence-corrected chi connectivity index (χ4v) is 2.12. The Labute approximate surface area is 115 Å². The second-order valence-corrected chi connectivity index (χ2v) is 5.54. The van der Waals surface area contributed by atoms with Gasteiger partial charge in [0.05, 0.1) is 18.7 Å². The predicted octanol–water partition coefficient (Wildman–Crippen LogP) is 1.63. The number of aromatic nitrogens is 2. The number of rotatable bonds is 2. The second-order valence-electron chi connectivity index (χ2n) is 4.79. The monoisotopic (exact) mass is 289 g/mol. The molecule has 1 aliphatic heterocycles. The van der Waals surface area contributed by atoms with Crippen molar-refractivity contribution < 1.29 is 9.90 Å². The minimum atomic E-state index is -0.813. The van der Waals surface area contributed by atoms with Crippen molar-refractivity contribution in [3.63, 3.8) is 0 Å². The number of carbonyl (C=O) groups is 1. The molecule has 1 saturated heterocycles.